The summed E-state index contributed by atoms with van der Waals surface area (Å²) >= 11 is 0. The SMILES string of the molecule is C#C.C#C.C#C.C#C.C1CCCCC1.CCCc1[nH+]c(C)ccc1[C@H]1CC[NH2+]C1.Fc1cccc(F)c1.O=CN1CCCCC1. The highest BCUT2D eigenvalue weighted by atomic mass is 19.1. The van der Waals surface area contributed by atoms with Crippen LogP contribution >= 0.6 is 0 Å². The summed E-state index contributed by atoms with van der Waals surface area (Å²) < 4.78 is 23.9. The zero-order chi connectivity index (χ0) is 34.7. The number of benzene rings is 1. The van der Waals surface area contributed by atoms with Gasteiger partial charge in [0.15, 0.2) is 11.4 Å². The Labute approximate surface area is 274 Å². The Hall–Kier alpha value is -4.10. The number of quaternary nitrogens is 1. The number of likely N-dealkylation sites (tertiary alicyclic amines) is 1. The van der Waals surface area contributed by atoms with Crippen molar-refractivity contribution in [1.29, 1.82) is 0 Å². The van der Waals surface area contributed by atoms with Gasteiger partial charge in [0.1, 0.15) is 11.6 Å². The number of rotatable bonds is 4. The maximum Gasteiger partial charge on any atom is 0.209 e. The van der Waals surface area contributed by atoms with Crippen LogP contribution < -0.4 is 10.3 Å². The highest BCUT2D eigenvalue weighted by Crippen LogP contribution is 2.22. The first kappa shape index (κ1) is 45.3. The van der Waals surface area contributed by atoms with E-state index in [4.69, 9.17) is 0 Å². The summed E-state index contributed by atoms with van der Waals surface area (Å²) in [6, 6.07) is 9.10. The van der Waals surface area contributed by atoms with Gasteiger partial charge in [0.25, 0.3) is 0 Å². The lowest BCUT2D eigenvalue weighted by atomic mass is 9.95. The van der Waals surface area contributed by atoms with Crippen molar-refractivity contribution in [3.05, 3.63) is 65.0 Å². The van der Waals surface area contributed by atoms with E-state index in [0.717, 1.165) is 31.5 Å². The normalized spacial score (nSPS) is 15.6. The Morgan fingerprint density at radius 2 is 1.31 bits per heavy atom. The van der Waals surface area contributed by atoms with E-state index in [9.17, 15) is 13.6 Å². The highest BCUT2D eigenvalue weighted by Gasteiger charge is 2.25. The summed E-state index contributed by atoms with van der Waals surface area (Å²) in [5, 5.41) is 2.43. The first-order chi connectivity index (χ1) is 22.0. The van der Waals surface area contributed by atoms with Crippen molar-refractivity contribution in [2.45, 2.75) is 96.8 Å². The molecular formula is C39H57F2N3O+2. The number of nitrogens with two attached hydrogens (primary N) is 1. The predicted molar refractivity (Wildman–Crippen MR) is 186 cm³/mol. The predicted octanol–water partition coefficient (Wildman–Crippen LogP) is 6.74. The summed E-state index contributed by atoms with van der Waals surface area (Å²) in [5.41, 5.74) is 4.32. The minimum absolute atomic E-state index is 0.537. The molecule has 3 heterocycles. The molecule has 1 aromatic carbocycles. The molecule has 3 N–H and O–H groups in total. The van der Waals surface area contributed by atoms with Crippen molar-refractivity contribution in [3.8, 4) is 51.4 Å². The maximum absolute atomic E-state index is 11.9. The Kier molecular flexibility index (Phi) is 34.6. The fraction of sp³-hybridized carbons (Fsp3) is 0.487. The number of carbonyl (C=O) groups is 1. The Morgan fingerprint density at radius 3 is 1.67 bits per heavy atom. The molecular weight excluding hydrogens is 564 g/mol. The summed E-state index contributed by atoms with van der Waals surface area (Å²) in [6.45, 7) is 8.91. The third kappa shape index (κ3) is 24.0. The van der Waals surface area contributed by atoms with Gasteiger partial charge in [0, 0.05) is 56.5 Å². The van der Waals surface area contributed by atoms with E-state index in [-0.39, 0.29) is 0 Å². The molecule has 1 aromatic heterocycles. The average Bonchev–Trinajstić information content (AvgIpc) is 3.66. The number of amides is 1. The molecule has 1 aliphatic carbocycles. The molecule has 1 amide bonds. The number of carbonyl (C=O) groups excluding carboxylic acids is 1. The van der Waals surface area contributed by atoms with Crippen LogP contribution in [0.2, 0.25) is 0 Å². The van der Waals surface area contributed by atoms with E-state index in [1.807, 2.05) is 4.90 Å². The van der Waals surface area contributed by atoms with Crippen LogP contribution in [0.3, 0.4) is 0 Å². The van der Waals surface area contributed by atoms with Crippen molar-refractivity contribution in [3.63, 3.8) is 0 Å². The van der Waals surface area contributed by atoms with E-state index in [0.29, 0.717) is 0 Å². The molecule has 1 atom stereocenters. The molecule has 2 saturated heterocycles. The second-order valence-electron chi connectivity index (χ2n) is 10.4. The van der Waals surface area contributed by atoms with Crippen molar-refractivity contribution in [2.75, 3.05) is 26.2 Å². The lowest BCUT2D eigenvalue weighted by molar-refractivity contribution is -0.636. The Bertz CT molecular complexity index is 992. The van der Waals surface area contributed by atoms with Crippen LogP contribution in [0.4, 0.5) is 8.78 Å². The molecule has 0 bridgehead atoms. The van der Waals surface area contributed by atoms with Crippen molar-refractivity contribution in [1.82, 2.24) is 4.90 Å². The van der Waals surface area contributed by atoms with Crippen molar-refractivity contribution in [2.24, 2.45) is 0 Å². The van der Waals surface area contributed by atoms with Crippen molar-refractivity contribution < 1.29 is 23.9 Å². The standard InChI is InChI=1S/C13H20N2.C6H4F2.C6H11NO.C6H12.4C2H2/c1-3-4-13-12(6-5-10(2)15-13)11-7-8-14-9-11;7-5-2-1-3-6(8)4-5;8-6-7-4-2-1-3-5-7;1-2-4-6-5-3-1;4*1-2/h5-6,11,14H,3-4,7-9H2,1-2H3;1-4H;6H,1-5H2;1-6H2;4*1-2H/p+2/t11-;;;;;;;/m0......./s1. The van der Waals surface area contributed by atoms with E-state index in [2.05, 4.69) is 87.7 Å². The van der Waals surface area contributed by atoms with Gasteiger partial charge in [0.2, 0.25) is 6.41 Å². The molecule has 0 unspecified atom stereocenters. The van der Waals surface area contributed by atoms with Gasteiger partial charge in [0.05, 0.1) is 13.1 Å². The quantitative estimate of drug-likeness (QED) is 0.298. The minimum atomic E-state index is -0.537. The van der Waals surface area contributed by atoms with Crippen LogP contribution in [0.15, 0.2) is 36.4 Å². The third-order valence-corrected chi connectivity index (χ3v) is 7.15. The van der Waals surface area contributed by atoms with Crippen LogP contribution in [0.5, 0.6) is 0 Å². The van der Waals surface area contributed by atoms with E-state index < -0.39 is 11.6 Å². The van der Waals surface area contributed by atoms with Gasteiger partial charge in [-0.05, 0) is 43.9 Å². The van der Waals surface area contributed by atoms with E-state index >= 15 is 0 Å². The second-order valence-corrected chi connectivity index (χ2v) is 10.4. The smallest absolute Gasteiger partial charge is 0.209 e. The number of piperidine rings is 1. The number of terminal acetylenes is 4. The van der Waals surface area contributed by atoms with Gasteiger partial charge < -0.3 is 10.2 Å². The average molecular weight is 622 g/mol. The summed E-state index contributed by atoms with van der Waals surface area (Å²) in [6.07, 6.45) is 49.4. The fourth-order valence-corrected chi connectivity index (χ4v) is 5.09. The largest absolute Gasteiger partial charge is 0.346 e. The maximum atomic E-state index is 11.9. The Morgan fingerprint density at radius 1 is 0.822 bits per heavy atom. The van der Waals surface area contributed by atoms with E-state index in [1.54, 1.807) is 5.56 Å². The topological polar surface area (TPSA) is 51.1 Å². The molecule has 3 fully saturated rings. The number of aromatic amines is 1. The van der Waals surface area contributed by atoms with Crippen LogP contribution in [0.1, 0.15) is 100 Å². The molecule has 6 heteroatoms. The number of hydrogen-bond donors (Lipinski definition) is 1. The first-order valence-electron chi connectivity index (χ1n) is 15.8. The van der Waals surface area contributed by atoms with Gasteiger partial charge in [-0.15, -0.1) is 51.4 Å². The fourth-order valence-electron chi connectivity index (χ4n) is 5.09. The number of halogens is 2. The minimum Gasteiger partial charge on any atom is -0.346 e. The van der Waals surface area contributed by atoms with Crippen molar-refractivity contribution >= 4 is 6.41 Å². The molecule has 246 valence electrons. The monoisotopic (exact) mass is 621 g/mol. The molecule has 4 nitrogen and oxygen atoms in total. The third-order valence-electron chi connectivity index (χ3n) is 7.15. The number of nitrogens with one attached hydrogen (secondary N) is 1. The zero-order valence-electron chi connectivity index (χ0n) is 27.7. The van der Waals surface area contributed by atoms with Gasteiger partial charge in [-0.2, -0.15) is 0 Å². The molecule has 45 heavy (non-hydrogen) atoms. The number of nitrogens with zero attached hydrogens (tertiary/aromatic N) is 1. The summed E-state index contributed by atoms with van der Waals surface area (Å²) in [7, 11) is 0. The van der Waals surface area contributed by atoms with Crippen LogP contribution in [-0.4, -0.2) is 37.5 Å². The molecule has 1 saturated carbocycles. The lowest BCUT2D eigenvalue weighted by Crippen LogP contribution is -2.81. The number of H-pyrrole nitrogens is 1. The Balaban J connectivity index is -0.000000509. The molecule has 3 aliphatic rings. The van der Waals surface area contributed by atoms with Gasteiger partial charge in [-0.25, -0.2) is 13.8 Å². The number of aromatic nitrogens is 1. The van der Waals surface area contributed by atoms with Crippen LogP contribution in [0.25, 0.3) is 0 Å². The van der Waals surface area contributed by atoms with Gasteiger partial charge in [-0.1, -0.05) is 51.5 Å². The molecule has 0 radical (unpaired) electrons. The number of pyridine rings is 1. The first-order valence-corrected chi connectivity index (χ1v) is 15.8. The summed E-state index contributed by atoms with van der Waals surface area (Å²) in [5.74, 6) is -0.293. The second kappa shape index (κ2) is 34.4. The molecule has 5 rings (SSSR count). The molecule has 0 spiro atoms. The van der Waals surface area contributed by atoms with E-state index in [1.165, 1.54) is 120 Å². The lowest BCUT2D eigenvalue weighted by Gasteiger charge is -2.21. The van der Waals surface area contributed by atoms with Gasteiger partial charge in [-0.3, -0.25) is 4.79 Å². The number of aryl methyl sites for hydroxylation is 2. The van der Waals surface area contributed by atoms with Gasteiger partial charge >= 0.3 is 0 Å². The summed E-state index contributed by atoms with van der Waals surface area (Å²) in [4.78, 5) is 15.5. The molecule has 2 aliphatic heterocycles. The van der Waals surface area contributed by atoms with Crippen LogP contribution in [0, 0.1) is 69.9 Å². The highest BCUT2D eigenvalue weighted by molar-refractivity contribution is 5.46. The number of hydrogen-bond acceptors (Lipinski definition) is 1. The zero-order valence-corrected chi connectivity index (χ0v) is 27.7. The van der Waals surface area contributed by atoms with Crippen LogP contribution in [-0.2, 0) is 11.2 Å². The molecule has 2 aromatic rings.